The first-order chi connectivity index (χ1) is 17.9. The fourth-order valence-corrected chi connectivity index (χ4v) is 4.18. The van der Waals surface area contributed by atoms with Gasteiger partial charge in [-0.15, -0.1) is 0 Å². The van der Waals surface area contributed by atoms with Gasteiger partial charge in [0.05, 0.1) is 0 Å². The predicted octanol–water partition coefficient (Wildman–Crippen LogP) is 5.88. The molecule has 0 aliphatic carbocycles. The number of carbonyl (C=O) groups is 2. The van der Waals surface area contributed by atoms with Crippen molar-refractivity contribution in [3.8, 4) is 5.75 Å². The van der Waals surface area contributed by atoms with Crippen molar-refractivity contribution in [2.45, 2.75) is 58.5 Å². The topological polar surface area (TPSA) is 58.6 Å². The van der Waals surface area contributed by atoms with Gasteiger partial charge in [0.25, 0.3) is 5.91 Å². The molecule has 0 bridgehead atoms. The Morgan fingerprint density at radius 2 is 1.62 bits per heavy atom. The number of nitrogens with one attached hydrogen (secondary N) is 1. The maximum absolute atomic E-state index is 14.7. The molecule has 0 saturated heterocycles. The van der Waals surface area contributed by atoms with E-state index < -0.39 is 11.9 Å². The van der Waals surface area contributed by atoms with Crippen LogP contribution in [0.3, 0.4) is 0 Å². The van der Waals surface area contributed by atoms with Gasteiger partial charge in [-0.25, -0.2) is 4.39 Å². The summed E-state index contributed by atoms with van der Waals surface area (Å²) in [5, 5.41) is 2.97. The lowest BCUT2D eigenvalue weighted by atomic mass is 10.0. The smallest absolute Gasteiger partial charge is 0.261 e. The van der Waals surface area contributed by atoms with Gasteiger partial charge in [0, 0.05) is 25.1 Å². The Morgan fingerprint density at radius 3 is 2.32 bits per heavy atom. The molecule has 2 amide bonds. The molecule has 37 heavy (non-hydrogen) atoms. The van der Waals surface area contributed by atoms with E-state index in [0.29, 0.717) is 24.3 Å². The van der Waals surface area contributed by atoms with Gasteiger partial charge < -0.3 is 15.0 Å². The van der Waals surface area contributed by atoms with Crippen LogP contribution in [-0.2, 0) is 22.6 Å². The molecule has 3 rings (SSSR count). The van der Waals surface area contributed by atoms with Crippen LogP contribution >= 0.6 is 0 Å². The number of halogens is 1. The van der Waals surface area contributed by atoms with Crippen LogP contribution in [0.1, 0.15) is 56.2 Å². The molecule has 6 heteroatoms. The minimum Gasteiger partial charge on any atom is -0.483 e. The van der Waals surface area contributed by atoms with Crippen LogP contribution in [-0.4, -0.2) is 35.9 Å². The van der Waals surface area contributed by atoms with Gasteiger partial charge in [0.15, 0.2) is 6.61 Å². The first-order valence-corrected chi connectivity index (χ1v) is 13.0. The van der Waals surface area contributed by atoms with E-state index >= 15 is 0 Å². The van der Waals surface area contributed by atoms with Crippen LogP contribution < -0.4 is 10.1 Å². The number of amides is 2. The van der Waals surface area contributed by atoms with Crippen LogP contribution in [0.2, 0.25) is 0 Å². The van der Waals surface area contributed by atoms with E-state index in [1.165, 1.54) is 11.0 Å². The summed E-state index contributed by atoms with van der Waals surface area (Å²) in [4.78, 5) is 28.5. The number of nitrogens with zero attached hydrogens (tertiary/aromatic N) is 1. The quantitative estimate of drug-likeness (QED) is 0.296. The normalized spacial score (nSPS) is 11.7. The molecule has 0 aliphatic heterocycles. The van der Waals surface area contributed by atoms with E-state index in [1.807, 2.05) is 61.5 Å². The molecule has 0 spiro atoms. The summed E-state index contributed by atoms with van der Waals surface area (Å²) in [6, 6.07) is 22.7. The third-order valence-electron chi connectivity index (χ3n) is 6.29. The Bertz CT molecular complexity index is 1150. The van der Waals surface area contributed by atoms with Gasteiger partial charge in [0.1, 0.15) is 17.6 Å². The highest BCUT2D eigenvalue weighted by Gasteiger charge is 2.31. The second-order valence-corrected chi connectivity index (χ2v) is 9.44. The number of hydrogen-bond donors (Lipinski definition) is 1. The summed E-state index contributed by atoms with van der Waals surface area (Å²) in [6.45, 7) is 6.38. The van der Waals surface area contributed by atoms with E-state index in [-0.39, 0.29) is 30.9 Å². The minimum atomic E-state index is -0.824. The van der Waals surface area contributed by atoms with Crippen molar-refractivity contribution >= 4 is 11.8 Å². The molecule has 0 aromatic heterocycles. The van der Waals surface area contributed by atoms with Gasteiger partial charge in [-0.1, -0.05) is 93.9 Å². The monoisotopic (exact) mass is 504 g/mol. The summed E-state index contributed by atoms with van der Waals surface area (Å²) in [6.07, 6.45) is 2.08. The van der Waals surface area contributed by atoms with Crippen molar-refractivity contribution in [3.63, 3.8) is 0 Å². The Kier molecular flexibility index (Phi) is 10.7. The Morgan fingerprint density at radius 1 is 0.946 bits per heavy atom. The lowest BCUT2D eigenvalue weighted by molar-refractivity contribution is -0.142. The molecule has 0 unspecified atom stereocenters. The molecule has 1 atom stereocenters. The second-order valence-electron chi connectivity index (χ2n) is 9.44. The maximum atomic E-state index is 14.7. The third-order valence-corrected chi connectivity index (χ3v) is 6.29. The average molecular weight is 505 g/mol. The zero-order valence-electron chi connectivity index (χ0n) is 22.0. The summed E-state index contributed by atoms with van der Waals surface area (Å²) >= 11 is 0. The average Bonchev–Trinajstić information content (AvgIpc) is 2.91. The van der Waals surface area contributed by atoms with Crippen LogP contribution in [0.15, 0.2) is 78.9 Å². The van der Waals surface area contributed by atoms with Crippen molar-refractivity contribution in [2.24, 2.45) is 0 Å². The number of unbranched alkanes of at least 4 members (excludes halogenated alkanes) is 1. The minimum absolute atomic E-state index is 0.0423. The van der Waals surface area contributed by atoms with Crippen LogP contribution in [0, 0.1) is 5.82 Å². The van der Waals surface area contributed by atoms with Crippen molar-refractivity contribution in [1.29, 1.82) is 0 Å². The molecule has 0 heterocycles. The SMILES string of the molecule is CCCCNC(=O)[C@@H](Cc1ccccc1)N(Cc1ccccc1F)C(=O)COc1ccccc1C(C)C. The van der Waals surface area contributed by atoms with E-state index in [1.54, 1.807) is 18.2 Å². The maximum Gasteiger partial charge on any atom is 0.261 e. The standard InChI is InChI=1S/C31H37FN2O3/c1-4-5-19-33-31(36)28(20-24-13-7-6-8-14-24)34(21-25-15-9-11-17-27(25)32)30(35)22-37-29-18-12-10-16-26(29)23(2)3/h6-18,23,28H,4-5,19-22H2,1-3H3,(H,33,36)/t28-/m1/s1. The molecule has 5 nitrogen and oxygen atoms in total. The van der Waals surface area contributed by atoms with Crippen LogP contribution in [0.4, 0.5) is 4.39 Å². The zero-order chi connectivity index (χ0) is 26.6. The summed E-state index contributed by atoms with van der Waals surface area (Å²) in [7, 11) is 0. The lowest BCUT2D eigenvalue weighted by Gasteiger charge is -2.31. The van der Waals surface area contributed by atoms with Crippen molar-refractivity contribution in [2.75, 3.05) is 13.2 Å². The molecular formula is C31H37FN2O3. The molecule has 0 fully saturated rings. The van der Waals surface area contributed by atoms with Crippen LogP contribution in [0.5, 0.6) is 5.75 Å². The fourth-order valence-electron chi connectivity index (χ4n) is 4.18. The van der Waals surface area contributed by atoms with E-state index in [4.69, 9.17) is 4.74 Å². The summed E-state index contributed by atoms with van der Waals surface area (Å²) in [5.41, 5.74) is 2.25. The molecule has 0 saturated carbocycles. The molecule has 0 aliphatic rings. The van der Waals surface area contributed by atoms with E-state index in [0.717, 1.165) is 24.0 Å². The highest BCUT2D eigenvalue weighted by molar-refractivity contribution is 5.88. The van der Waals surface area contributed by atoms with Gasteiger partial charge in [-0.2, -0.15) is 0 Å². The van der Waals surface area contributed by atoms with Crippen molar-refractivity contribution < 1.29 is 18.7 Å². The predicted molar refractivity (Wildman–Crippen MR) is 145 cm³/mol. The molecular weight excluding hydrogens is 467 g/mol. The zero-order valence-corrected chi connectivity index (χ0v) is 22.0. The second kappa shape index (κ2) is 14.2. The van der Waals surface area contributed by atoms with Gasteiger partial charge >= 0.3 is 0 Å². The van der Waals surface area contributed by atoms with Gasteiger partial charge in [-0.3, -0.25) is 9.59 Å². The number of ether oxygens (including phenoxy) is 1. The number of hydrogen-bond acceptors (Lipinski definition) is 3. The molecule has 3 aromatic rings. The molecule has 3 aromatic carbocycles. The first kappa shape index (κ1) is 27.9. The number of para-hydroxylation sites is 1. The molecule has 0 radical (unpaired) electrons. The molecule has 1 N–H and O–H groups in total. The number of carbonyl (C=O) groups excluding carboxylic acids is 2. The summed E-state index contributed by atoms with van der Waals surface area (Å²) in [5.74, 6) is -0.214. The van der Waals surface area contributed by atoms with Gasteiger partial charge in [0.2, 0.25) is 5.91 Å². The van der Waals surface area contributed by atoms with Crippen LogP contribution in [0.25, 0.3) is 0 Å². The lowest BCUT2D eigenvalue weighted by Crippen LogP contribution is -2.52. The Balaban J connectivity index is 1.92. The van der Waals surface area contributed by atoms with E-state index in [9.17, 15) is 14.0 Å². The highest BCUT2D eigenvalue weighted by atomic mass is 19.1. The van der Waals surface area contributed by atoms with Crippen molar-refractivity contribution in [1.82, 2.24) is 10.2 Å². The third kappa shape index (κ3) is 8.17. The number of benzene rings is 3. The Labute approximate surface area is 219 Å². The Hall–Kier alpha value is -3.67. The largest absolute Gasteiger partial charge is 0.483 e. The molecule has 196 valence electrons. The summed E-state index contributed by atoms with van der Waals surface area (Å²) < 4.78 is 20.6. The fraction of sp³-hybridized carbons (Fsp3) is 0.355. The van der Waals surface area contributed by atoms with Gasteiger partial charge in [-0.05, 0) is 35.6 Å². The van der Waals surface area contributed by atoms with E-state index in [2.05, 4.69) is 19.2 Å². The number of rotatable bonds is 13. The van der Waals surface area contributed by atoms with Crippen molar-refractivity contribution in [3.05, 3.63) is 101 Å². The highest BCUT2D eigenvalue weighted by Crippen LogP contribution is 2.26. The first-order valence-electron chi connectivity index (χ1n) is 13.0.